The van der Waals surface area contributed by atoms with E-state index < -0.39 is 55.7 Å². The van der Waals surface area contributed by atoms with Crippen LogP contribution in [0.2, 0.25) is 0 Å². The fraction of sp³-hybridized carbons (Fsp3) is 0.404. The van der Waals surface area contributed by atoms with Gasteiger partial charge < -0.3 is 15.3 Å². The molecule has 1 aliphatic rings. The summed E-state index contributed by atoms with van der Waals surface area (Å²) < 4.78 is 90.0. The maximum absolute atomic E-state index is 16.0. The maximum Gasteiger partial charge on any atom is 0.399 e. The number of hydrogen-bond donors (Lipinski definition) is 3. The van der Waals surface area contributed by atoms with Gasteiger partial charge >= 0.3 is 6.18 Å². The quantitative estimate of drug-likeness (QED) is 0.124. The van der Waals surface area contributed by atoms with Crippen molar-refractivity contribution in [2.75, 3.05) is 0 Å². The first kappa shape index (κ1) is 44.0. The van der Waals surface area contributed by atoms with Crippen LogP contribution in [0.15, 0.2) is 102 Å². The van der Waals surface area contributed by atoms with Crippen molar-refractivity contribution in [1.82, 2.24) is 0 Å². The van der Waals surface area contributed by atoms with Crippen molar-refractivity contribution in [1.29, 1.82) is 0 Å². The molecule has 0 fully saturated rings. The normalized spacial score (nSPS) is 18.2. The highest BCUT2D eigenvalue weighted by molar-refractivity contribution is 7.92. The Morgan fingerprint density at radius 3 is 1.61 bits per heavy atom. The predicted octanol–water partition coefficient (Wildman–Crippen LogP) is 11.1. The minimum absolute atomic E-state index is 0.0333. The topological polar surface area (TPSA) is 94.8 Å². The number of alkyl halides is 3. The van der Waals surface area contributed by atoms with E-state index >= 15 is 17.6 Å². The van der Waals surface area contributed by atoms with Crippen molar-refractivity contribution < 1.29 is 41.3 Å². The average Bonchev–Trinajstić information content (AvgIpc) is 3.15. The summed E-state index contributed by atoms with van der Waals surface area (Å²) in [6.07, 6.45) is -2.59. The van der Waals surface area contributed by atoms with Gasteiger partial charge in [0.2, 0.25) is 0 Å². The zero-order chi connectivity index (χ0) is 42.5. The Bertz CT molecular complexity index is 2240. The van der Waals surface area contributed by atoms with E-state index in [1.165, 1.54) is 44.2 Å². The SMILES string of the molecule is CCC(O)(CC)c1ccc(C2=C(c3ccc(C(C)(O)C(C)C)cc3)C(C(F)(F)F)C(c3ccc(C(C)(C)O)c(F)c3)=CC2c2ccc(S(=O)(=O)C(C)C)cc2)cc1. The van der Waals surface area contributed by atoms with Crippen LogP contribution in [-0.4, -0.2) is 35.2 Å². The molecule has 0 radical (unpaired) electrons. The standard InChI is InChI=1S/C47H54F4O5S/c1-10-46(54,11-2)35-21-14-31(15-22-35)41-37(30-16-23-36(24-17-30)57(55,56)29(5)6)27-38(33-18-25-39(40(48)26-33)44(7,8)52)43(47(49,50)51)42(41)32-12-19-34(20-13-32)45(9,53)28(3)4/h12-29,37,43,52-54H,10-11H2,1-9H3. The molecular weight excluding hydrogens is 753 g/mol. The molecule has 5 nitrogen and oxygen atoms in total. The lowest BCUT2D eigenvalue weighted by Gasteiger charge is -2.37. The third-order valence-corrected chi connectivity index (χ3v) is 14.0. The fourth-order valence-electron chi connectivity index (χ4n) is 7.63. The molecule has 0 aromatic heterocycles. The first-order chi connectivity index (χ1) is 26.4. The van der Waals surface area contributed by atoms with Crippen LogP contribution in [0.5, 0.6) is 0 Å². The van der Waals surface area contributed by atoms with E-state index in [-0.39, 0.29) is 38.6 Å². The van der Waals surface area contributed by atoms with E-state index in [9.17, 15) is 23.7 Å². The molecule has 3 N–H and O–H groups in total. The Kier molecular flexibility index (Phi) is 12.3. The smallest absolute Gasteiger partial charge is 0.386 e. The van der Waals surface area contributed by atoms with E-state index in [0.29, 0.717) is 40.7 Å². The van der Waals surface area contributed by atoms with Crippen LogP contribution in [0.4, 0.5) is 17.6 Å². The van der Waals surface area contributed by atoms with Gasteiger partial charge in [0.1, 0.15) is 11.7 Å². The highest BCUT2D eigenvalue weighted by Crippen LogP contribution is 2.56. The molecule has 3 unspecified atom stereocenters. The van der Waals surface area contributed by atoms with Crippen LogP contribution in [0, 0.1) is 17.7 Å². The zero-order valence-electron chi connectivity index (χ0n) is 34.0. The molecule has 4 aromatic rings. The zero-order valence-corrected chi connectivity index (χ0v) is 34.9. The van der Waals surface area contributed by atoms with Crippen molar-refractivity contribution in [3.05, 3.63) is 142 Å². The van der Waals surface area contributed by atoms with Crippen LogP contribution < -0.4 is 0 Å². The van der Waals surface area contributed by atoms with Gasteiger partial charge in [0.05, 0.1) is 26.9 Å². The molecular formula is C47H54F4O5S. The molecule has 4 aromatic carbocycles. The van der Waals surface area contributed by atoms with E-state index in [2.05, 4.69) is 0 Å². The minimum atomic E-state index is -4.90. The van der Waals surface area contributed by atoms with Gasteiger partial charge in [-0.3, -0.25) is 0 Å². The summed E-state index contributed by atoms with van der Waals surface area (Å²) in [4.78, 5) is 0.0695. The number of rotatable bonds is 12. The van der Waals surface area contributed by atoms with Crippen LogP contribution in [-0.2, 0) is 26.6 Å². The molecule has 5 rings (SSSR count). The molecule has 0 amide bonds. The van der Waals surface area contributed by atoms with Gasteiger partial charge in [-0.15, -0.1) is 0 Å². The third kappa shape index (κ3) is 8.56. The summed E-state index contributed by atoms with van der Waals surface area (Å²) in [7, 11) is -3.68. The Hall–Kier alpha value is -4.09. The first-order valence-corrected chi connectivity index (χ1v) is 21.0. The minimum Gasteiger partial charge on any atom is -0.386 e. The monoisotopic (exact) mass is 806 g/mol. The molecule has 0 saturated carbocycles. The van der Waals surface area contributed by atoms with Crippen molar-refractivity contribution in [3.63, 3.8) is 0 Å². The number of hydrogen-bond acceptors (Lipinski definition) is 5. The number of aliphatic hydroxyl groups is 3. The number of halogens is 4. The lowest BCUT2D eigenvalue weighted by molar-refractivity contribution is -0.143. The van der Waals surface area contributed by atoms with Gasteiger partial charge in [-0.25, -0.2) is 12.8 Å². The summed E-state index contributed by atoms with van der Waals surface area (Å²) in [5.74, 6) is -4.24. The van der Waals surface area contributed by atoms with Crippen molar-refractivity contribution in [2.45, 2.75) is 114 Å². The van der Waals surface area contributed by atoms with Crippen LogP contribution in [0.1, 0.15) is 120 Å². The molecule has 1 aliphatic carbocycles. The van der Waals surface area contributed by atoms with Gasteiger partial charge in [-0.1, -0.05) is 107 Å². The second kappa shape index (κ2) is 15.9. The second-order valence-corrected chi connectivity index (χ2v) is 19.0. The first-order valence-electron chi connectivity index (χ1n) is 19.4. The highest BCUT2D eigenvalue weighted by Gasteiger charge is 2.49. The molecule has 0 spiro atoms. The molecule has 57 heavy (non-hydrogen) atoms. The Morgan fingerprint density at radius 1 is 0.684 bits per heavy atom. The summed E-state index contributed by atoms with van der Waals surface area (Å²) in [6, 6.07) is 23.0. The number of sulfone groups is 1. The highest BCUT2D eigenvalue weighted by atomic mass is 32.2. The molecule has 3 atom stereocenters. The van der Waals surface area contributed by atoms with Crippen molar-refractivity contribution >= 4 is 26.6 Å². The molecule has 0 bridgehead atoms. The van der Waals surface area contributed by atoms with Gasteiger partial charge in [0.15, 0.2) is 9.84 Å². The van der Waals surface area contributed by atoms with Crippen LogP contribution in [0.25, 0.3) is 16.7 Å². The summed E-state index contributed by atoms with van der Waals surface area (Å²) in [6.45, 7) is 15.0. The largest absolute Gasteiger partial charge is 0.399 e. The molecule has 0 heterocycles. The summed E-state index contributed by atoms with van der Waals surface area (Å²) in [5.41, 5.74) is -1.86. The molecule has 0 saturated heterocycles. The van der Waals surface area contributed by atoms with E-state index in [1.807, 2.05) is 27.7 Å². The average molecular weight is 807 g/mol. The molecule has 0 aliphatic heterocycles. The molecule has 306 valence electrons. The Balaban J connectivity index is 1.91. The van der Waals surface area contributed by atoms with E-state index in [1.54, 1.807) is 81.4 Å². The summed E-state index contributed by atoms with van der Waals surface area (Å²) >= 11 is 0. The van der Waals surface area contributed by atoms with Gasteiger partial charge in [-0.05, 0) is 122 Å². The lowest BCUT2D eigenvalue weighted by atomic mass is 9.68. The summed E-state index contributed by atoms with van der Waals surface area (Å²) in [5, 5.41) is 32.5. The third-order valence-electron chi connectivity index (χ3n) is 11.8. The molecule has 10 heteroatoms. The van der Waals surface area contributed by atoms with Crippen molar-refractivity contribution in [3.8, 4) is 0 Å². The van der Waals surface area contributed by atoms with E-state index in [4.69, 9.17) is 0 Å². The lowest BCUT2D eigenvalue weighted by Crippen LogP contribution is -2.30. The predicted molar refractivity (Wildman–Crippen MR) is 219 cm³/mol. The van der Waals surface area contributed by atoms with Gasteiger partial charge in [-0.2, -0.15) is 13.2 Å². The van der Waals surface area contributed by atoms with Crippen molar-refractivity contribution in [2.24, 2.45) is 11.8 Å². The fourth-order valence-corrected chi connectivity index (χ4v) is 8.69. The maximum atomic E-state index is 16.0. The van der Waals surface area contributed by atoms with Crippen LogP contribution >= 0.6 is 0 Å². The van der Waals surface area contributed by atoms with E-state index in [0.717, 1.165) is 6.07 Å². The Labute approximate surface area is 334 Å². The Morgan fingerprint density at radius 2 is 1.18 bits per heavy atom. The number of benzene rings is 4. The second-order valence-electron chi connectivity index (χ2n) is 16.5. The van der Waals surface area contributed by atoms with Crippen LogP contribution in [0.3, 0.4) is 0 Å². The van der Waals surface area contributed by atoms with Gasteiger partial charge in [0.25, 0.3) is 0 Å². The van der Waals surface area contributed by atoms with Gasteiger partial charge in [0, 0.05) is 11.5 Å². The number of allylic oxidation sites excluding steroid dienone is 4.